The average Bonchev–Trinajstić information content (AvgIpc) is 2.20. The largest absolute Gasteiger partial charge is 0.327 e. The highest BCUT2D eigenvalue weighted by Crippen LogP contribution is 2.24. The van der Waals surface area contributed by atoms with Crippen molar-refractivity contribution in [3.63, 3.8) is 0 Å². The van der Waals surface area contributed by atoms with E-state index in [2.05, 4.69) is 20.8 Å². The molecule has 0 saturated heterocycles. The van der Waals surface area contributed by atoms with Crippen LogP contribution in [-0.2, 0) is 6.42 Å². The molecular formula is C14H21ClFN. The molecule has 0 aliphatic carbocycles. The Bertz CT molecular complexity index is 371. The van der Waals surface area contributed by atoms with Crippen LogP contribution in [-0.4, -0.2) is 6.04 Å². The van der Waals surface area contributed by atoms with E-state index in [1.807, 2.05) is 0 Å². The van der Waals surface area contributed by atoms with Gasteiger partial charge in [0, 0.05) is 11.1 Å². The summed E-state index contributed by atoms with van der Waals surface area (Å²) in [6.07, 6.45) is 2.62. The van der Waals surface area contributed by atoms with Crippen molar-refractivity contribution in [3.05, 3.63) is 34.6 Å². The second-order valence-electron chi connectivity index (χ2n) is 5.80. The molecule has 1 unspecified atom stereocenters. The number of rotatable bonds is 4. The van der Waals surface area contributed by atoms with Gasteiger partial charge in [-0.3, -0.25) is 0 Å². The lowest BCUT2D eigenvalue weighted by atomic mass is 9.87. The molecule has 0 saturated carbocycles. The third-order valence-corrected chi connectivity index (χ3v) is 3.12. The molecule has 0 heterocycles. The van der Waals surface area contributed by atoms with Crippen molar-refractivity contribution in [2.75, 3.05) is 0 Å². The van der Waals surface area contributed by atoms with Crippen LogP contribution in [0.25, 0.3) is 0 Å². The lowest BCUT2D eigenvalue weighted by Gasteiger charge is -2.21. The van der Waals surface area contributed by atoms with Crippen LogP contribution in [0, 0.1) is 11.2 Å². The SMILES string of the molecule is CC(C)(C)CCC(N)Cc1cc(F)ccc1Cl. The molecule has 1 nitrogen and oxygen atoms in total. The molecule has 0 spiro atoms. The van der Waals surface area contributed by atoms with Gasteiger partial charge in [-0.1, -0.05) is 32.4 Å². The van der Waals surface area contributed by atoms with Gasteiger partial charge >= 0.3 is 0 Å². The maximum absolute atomic E-state index is 13.1. The Morgan fingerprint density at radius 3 is 2.59 bits per heavy atom. The maximum atomic E-state index is 13.1. The molecular weight excluding hydrogens is 237 g/mol. The average molecular weight is 258 g/mol. The van der Waals surface area contributed by atoms with Crippen molar-refractivity contribution < 1.29 is 4.39 Å². The Morgan fingerprint density at radius 1 is 1.35 bits per heavy atom. The topological polar surface area (TPSA) is 26.0 Å². The van der Waals surface area contributed by atoms with E-state index in [9.17, 15) is 4.39 Å². The van der Waals surface area contributed by atoms with E-state index in [0.29, 0.717) is 11.4 Å². The fourth-order valence-electron chi connectivity index (χ4n) is 1.70. The minimum Gasteiger partial charge on any atom is -0.327 e. The third kappa shape index (κ3) is 5.51. The van der Waals surface area contributed by atoms with E-state index < -0.39 is 0 Å². The van der Waals surface area contributed by atoms with Crippen LogP contribution in [0.15, 0.2) is 18.2 Å². The van der Waals surface area contributed by atoms with E-state index in [-0.39, 0.29) is 17.3 Å². The number of hydrogen-bond acceptors (Lipinski definition) is 1. The fraction of sp³-hybridized carbons (Fsp3) is 0.571. The first-order chi connectivity index (χ1) is 7.78. The van der Waals surface area contributed by atoms with Gasteiger partial charge in [-0.15, -0.1) is 0 Å². The van der Waals surface area contributed by atoms with Gasteiger partial charge in [0.1, 0.15) is 5.82 Å². The molecule has 0 aliphatic rings. The standard InChI is InChI=1S/C14H21ClFN/c1-14(2,3)7-6-12(17)9-10-8-11(16)4-5-13(10)15/h4-5,8,12H,6-7,9,17H2,1-3H3. The van der Waals surface area contributed by atoms with Gasteiger partial charge in [0.05, 0.1) is 0 Å². The van der Waals surface area contributed by atoms with Crippen molar-refractivity contribution in [1.82, 2.24) is 0 Å². The monoisotopic (exact) mass is 257 g/mol. The van der Waals surface area contributed by atoms with Crippen LogP contribution in [0.5, 0.6) is 0 Å². The minimum absolute atomic E-state index is 0.0357. The molecule has 1 rings (SSSR count). The third-order valence-electron chi connectivity index (χ3n) is 2.75. The summed E-state index contributed by atoms with van der Waals surface area (Å²) in [4.78, 5) is 0. The van der Waals surface area contributed by atoms with Gasteiger partial charge in [0.2, 0.25) is 0 Å². The highest BCUT2D eigenvalue weighted by atomic mass is 35.5. The van der Waals surface area contributed by atoms with Crippen LogP contribution in [0.2, 0.25) is 5.02 Å². The van der Waals surface area contributed by atoms with E-state index in [4.69, 9.17) is 17.3 Å². The van der Waals surface area contributed by atoms with Crippen molar-refractivity contribution in [2.45, 2.75) is 46.1 Å². The van der Waals surface area contributed by atoms with E-state index in [1.54, 1.807) is 6.07 Å². The van der Waals surface area contributed by atoms with Crippen molar-refractivity contribution in [1.29, 1.82) is 0 Å². The first-order valence-corrected chi connectivity index (χ1v) is 6.35. The lowest BCUT2D eigenvalue weighted by Crippen LogP contribution is -2.25. The Hall–Kier alpha value is -0.600. The summed E-state index contributed by atoms with van der Waals surface area (Å²) in [5, 5.41) is 0.595. The highest BCUT2D eigenvalue weighted by Gasteiger charge is 2.14. The number of benzene rings is 1. The molecule has 0 amide bonds. The molecule has 0 aliphatic heterocycles. The first kappa shape index (κ1) is 14.5. The van der Waals surface area contributed by atoms with Gasteiger partial charge in [0.15, 0.2) is 0 Å². The molecule has 0 radical (unpaired) electrons. The molecule has 1 aromatic carbocycles. The molecule has 0 bridgehead atoms. The zero-order chi connectivity index (χ0) is 13.1. The van der Waals surface area contributed by atoms with Crippen LogP contribution in [0.4, 0.5) is 4.39 Å². The number of nitrogens with two attached hydrogens (primary N) is 1. The summed E-state index contributed by atoms with van der Waals surface area (Å²) in [6, 6.07) is 4.46. The second-order valence-corrected chi connectivity index (χ2v) is 6.21. The Labute approximate surface area is 108 Å². The zero-order valence-electron chi connectivity index (χ0n) is 10.8. The lowest BCUT2D eigenvalue weighted by molar-refractivity contribution is 0.347. The van der Waals surface area contributed by atoms with E-state index in [0.717, 1.165) is 18.4 Å². The number of halogens is 2. The van der Waals surface area contributed by atoms with Crippen LogP contribution in [0.1, 0.15) is 39.2 Å². The molecule has 0 aromatic heterocycles. The predicted octanol–water partition coefficient (Wildman–Crippen LogP) is 4.18. The van der Waals surface area contributed by atoms with Gasteiger partial charge in [-0.25, -0.2) is 4.39 Å². The van der Waals surface area contributed by atoms with Gasteiger partial charge in [-0.05, 0) is 48.4 Å². The summed E-state index contributed by atoms with van der Waals surface area (Å²) in [6.45, 7) is 6.57. The van der Waals surface area contributed by atoms with Gasteiger partial charge in [0.25, 0.3) is 0 Å². The molecule has 96 valence electrons. The van der Waals surface area contributed by atoms with Crippen LogP contribution in [0.3, 0.4) is 0 Å². The van der Waals surface area contributed by atoms with Crippen molar-refractivity contribution in [2.24, 2.45) is 11.1 Å². The summed E-state index contributed by atoms with van der Waals surface area (Å²) in [7, 11) is 0. The van der Waals surface area contributed by atoms with Gasteiger partial charge < -0.3 is 5.73 Å². The summed E-state index contributed by atoms with van der Waals surface area (Å²) < 4.78 is 13.1. The molecule has 17 heavy (non-hydrogen) atoms. The fourth-order valence-corrected chi connectivity index (χ4v) is 1.90. The summed E-state index contributed by atoms with van der Waals surface area (Å²) in [5.74, 6) is -0.257. The summed E-state index contributed by atoms with van der Waals surface area (Å²) >= 11 is 6.01. The second kappa shape index (κ2) is 5.83. The van der Waals surface area contributed by atoms with E-state index >= 15 is 0 Å². The highest BCUT2D eigenvalue weighted by molar-refractivity contribution is 6.31. The molecule has 1 aromatic rings. The predicted molar refractivity (Wildman–Crippen MR) is 71.8 cm³/mol. The van der Waals surface area contributed by atoms with E-state index in [1.165, 1.54) is 12.1 Å². The maximum Gasteiger partial charge on any atom is 0.123 e. The van der Waals surface area contributed by atoms with Gasteiger partial charge in [-0.2, -0.15) is 0 Å². The van der Waals surface area contributed by atoms with Crippen LogP contribution >= 0.6 is 11.6 Å². The summed E-state index contributed by atoms with van der Waals surface area (Å²) in [5.41, 5.74) is 7.13. The Morgan fingerprint density at radius 2 is 2.00 bits per heavy atom. The molecule has 1 atom stereocenters. The number of hydrogen-bond donors (Lipinski definition) is 1. The smallest absolute Gasteiger partial charge is 0.123 e. The normalized spacial score (nSPS) is 13.8. The van der Waals surface area contributed by atoms with Crippen molar-refractivity contribution >= 4 is 11.6 Å². The molecule has 3 heteroatoms. The Kier molecular flexibility index (Phi) is 4.96. The van der Waals surface area contributed by atoms with Crippen molar-refractivity contribution in [3.8, 4) is 0 Å². The first-order valence-electron chi connectivity index (χ1n) is 5.97. The zero-order valence-corrected chi connectivity index (χ0v) is 11.5. The van der Waals surface area contributed by atoms with Crippen LogP contribution < -0.4 is 5.73 Å². The minimum atomic E-state index is -0.257. The Balaban J connectivity index is 2.56. The molecule has 0 fully saturated rings. The quantitative estimate of drug-likeness (QED) is 0.861. The molecule has 2 N–H and O–H groups in total.